The van der Waals surface area contributed by atoms with Crippen molar-refractivity contribution >= 4 is 25.9 Å². The highest BCUT2D eigenvalue weighted by molar-refractivity contribution is 7.79. The molecule has 0 spiro atoms. The zero-order valence-corrected chi connectivity index (χ0v) is 12.8. The lowest BCUT2D eigenvalue weighted by atomic mass is 10.3. The Balaban J connectivity index is 2.75. The van der Waals surface area contributed by atoms with E-state index in [0.717, 1.165) is 0 Å². The summed E-state index contributed by atoms with van der Waals surface area (Å²) in [6, 6.07) is 7.67. The number of hydrogen-bond donors (Lipinski definition) is 3. The van der Waals surface area contributed by atoms with Gasteiger partial charge in [0.1, 0.15) is 5.90 Å². The molecule has 0 aromatic heterocycles. The molecule has 0 aliphatic heterocycles. The Labute approximate surface area is 117 Å². The van der Waals surface area contributed by atoms with Crippen LogP contribution < -0.4 is 10.6 Å². The van der Waals surface area contributed by atoms with Gasteiger partial charge in [-0.1, -0.05) is 24.8 Å². The highest BCUT2D eigenvalue weighted by Crippen LogP contribution is 2.55. The maximum Gasteiger partial charge on any atom is 0.246 e. The minimum atomic E-state index is -3.96. The average molecular weight is 317 g/mol. The smallest absolute Gasteiger partial charge is 0.246 e. The molecule has 0 aliphatic carbocycles. The molecule has 2 atom stereocenters. The average Bonchev–Trinajstić information content (AvgIpc) is 2.35. The van der Waals surface area contributed by atoms with Crippen LogP contribution >= 0.6 is 14.7 Å². The molecule has 1 aromatic rings. The Bertz CT molecular complexity index is 599. The first-order valence-electron chi connectivity index (χ1n) is 5.76. The Morgan fingerprint density at radius 1 is 1.25 bits per heavy atom. The second-order valence-corrected chi connectivity index (χ2v) is 9.53. The monoisotopic (exact) mass is 317 g/mol. The molecular weight excluding hydrogens is 300 g/mol. The first-order valence-corrected chi connectivity index (χ1v) is 9.63. The third-order valence-electron chi connectivity index (χ3n) is 2.45. The van der Waals surface area contributed by atoms with Gasteiger partial charge in [0.15, 0.2) is 0 Å². The summed E-state index contributed by atoms with van der Waals surface area (Å²) in [4.78, 5) is 30.9. The highest BCUT2D eigenvalue weighted by atomic mass is 31.2. The largest absolute Gasteiger partial charge is 0.343 e. The van der Waals surface area contributed by atoms with Crippen LogP contribution in [-0.4, -0.2) is 27.9 Å². The molecule has 0 fully saturated rings. The predicted molar refractivity (Wildman–Crippen MR) is 78.4 cm³/mol. The fourth-order valence-corrected chi connectivity index (χ4v) is 5.92. The summed E-state index contributed by atoms with van der Waals surface area (Å²) >= 11 is 0. The van der Waals surface area contributed by atoms with Crippen LogP contribution in [0.4, 0.5) is 0 Å². The molecule has 0 bridgehead atoms. The fourth-order valence-electron chi connectivity index (χ4n) is 1.44. The van der Waals surface area contributed by atoms with E-state index in [-0.39, 0.29) is 10.9 Å². The number of hydrogen-bond acceptors (Lipinski definition) is 3. The molecule has 2 unspecified atom stereocenters. The van der Waals surface area contributed by atoms with E-state index in [1.54, 1.807) is 18.2 Å². The van der Waals surface area contributed by atoms with Crippen LogP contribution in [0.3, 0.4) is 0 Å². The molecule has 0 saturated heterocycles. The minimum Gasteiger partial charge on any atom is -0.343 e. The van der Waals surface area contributed by atoms with Gasteiger partial charge >= 0.3 is 0 Å². The van der Waals surface area contributed by atoms with Gasteiger partial charge in [-0.2, -0.15) is 0 Å². The van der Waals surface area contributed by atoms with Gasteiger partial charge in [0, 0.05) is 10.9 Å². The van der Waals surface area contributed by atoms with E-state index in [9.17, 15) is 23.7 Å². The van der Waals surface area contributed by atoms with Crippen LogP contribution in [0, 0.1) is 0 Å². The maximum absolute atomic E-state index is 12.1. The van der Waals surface area contributed by atoms with Crippen LogP contribution in [0.2, 0.25) is 0 Å². The van der Waals surface area contributed by atoms with E-state index < -0.39 is 32.8 Å². The molecule has 0 saturated carbocycles. The molecule has 1 rings (SSSR count). The van der Waals surface area contributed by atoms with Crippen molar-refractivity contribution < 1.29 is 23.7 Å². The van der Waals surface area contributed by atoms with Crippen LogP contribution in [0.5, 0.6) is 0 Å². The van der Waals surface area contributed by atoms with Gasteiger partial charge in [-0.25, -0.2) is 0 Å². The van der Waals surface area contributed by atoms with E-state index in [4.69, 9.17) is 0 Å². The molecule has 110 valence electrons. The SMILES string of the molecule is C=C(C)C(=O)NCP(=O)(O)CP(=O)(O)c1ccccc1. The van der Waals surface area contributed by atoms with Gasteiger partial charge in [0.25, 0.3) is 0 Å². The third kappa shape index (κ3) is 5.06. The number of rotatable bonds is 6. The van der Waals surface area contributed by atoms with Gasteiger partial charge < -0.3 is 15.1 Å². The van der Waals surface area contributed by atoms with Crippen LogP contribution in [0.15, 0.2) is 42.5 Å². The zero-order valence-electron chi connectivity index (χ0n) is 11.0. The summed E-state index contributed by atoms with van der Waals surface area (Å²) in [6.45, 7) is 4.85. The van der Waals surface area contributed by atoms with Crippen molar-refractivity contribution in [3.05, 3.63) is 42.5 Å². The van der Waals surface area contributed by atoms with Crippen molar-refractivity contribution in [2.75, 3.05) is 12.2 Å². The Morgan fingerprint density at radius 2 is 1.80 bits per heavy atom. The van der Waals surface area contributed by atoms with Crippen LogP contribution in [0.25, 0.3) is 0 Å². The van der Waals surface area contributed by atoms with Crippen molar-refractivity contribution in [1.82, 2.24) is 5.32 Å². The molecule has 1 amide bonds. The van der Waals surface area contributed by atoms with E-state index in [1.165, 1.54) is 19.1 Å². The lowest BCUT2D eigenvalue weighted by Gasteiger charge is -2.17. The van der Waals surface area contributed by atoms with E-state index in [2.05, 4.69) is 11.9 Å². The molecule has 20 heavy (non-hydrogen) atoms. The second kappa shape index (κ2) is 6.51. The number of amides is 1. The van der Waals surface area contributed by atoms with E-state index >= 15 is 0 Å². The molecule has 3 N–H and O–H groups in total. The normalized spacial score (nSPS) is 16.8. The summed E-state index contributed by atoms with van der Waals surface area (Å²) in [5.74, 6) is -1.34. The van der Waals surface area contributed by atoms with Crippen molar-refractivity contribution in [1.29, 1.82) is 0 Å². The van der Waals surface area contributed by atoms with Gasteiger partial charge in [-0.15, -0.1) is 0 Å². The number of carbonyl (C=O) groups is 1. The van der Waals surface area contributed by atoms with E-state index in [1.807, 2.05) is 0 Å². The van der Waals surface area contributed by atoms with E-state index in [0.29, 0.717) is 0 Å². The first-order chi connectivity index (χ1) is 9.14. The number of carbonyl (C=O) groups excluding carboxylic acids is 1. The summed E-state index contributed by atoms with van der Waals surface area (Å²) in [7, 11) is -7.90. The third-order valence-corrected chi connectivity index (χ3v) is 7.51. The predicted octanol–water partition coefficient (Wildman–Crippen LogP) is 1.46. The summed E-state index contributed by atoms with van der Waals surface area (Å²) in [5, 5.41) is 2.32. The van der Waals surface area contributed by atoms with Crippen molar-refractivity contribution in [2.45, 2.75) is 6.92 Å². The molecule has 0 heterocycles. The van der Waals surface area contributed by atoms with Crippen molar-refractivity contribution in [2.24, 2.45) is 0 Å². The lowest BCUT2D eigenvalue weighted by molar-refractivity contribution is -0.117. The fraction of sp³-hybridized carbons (Fsp3) is 0.250. The molecular formula is C12H17NO5P2. The Morgan fingerprint density at radius 3 is 2.30 bits per heavy atom. The van der Waals surface area contributed by atoms with Crippen LogP contribution in [0.1, 0.15) is 6.92 Å². The van der Waals surface area contributed by atoms with Gasteiger partial charge in [-0.3, -0.25) is 13.9 Å². The lowest BCUT2D eigenvalue weighted by Crippen LogP contribution is -2.25. The standard InChI is InChI=1S/C12H17NO5P2/c1-10(2)12(14)13-8-19(15,16)9-20(17,18)11-6-4-3-5-7-11/h3-7H,1,8-9H2,2H3,(H,13,14)(H,15,16)(H,17,18). The van der Waals surface area contributed by atoms with Gasteiger partial charge in [0.05, 0.1) is 6.29 Å². The first kappa shape index (κ1) is 16.9. The molecule has 0 radical (unpaired) electrons. The van der Waals surface area contributed by atoms with Crippen molar-refractivity contribution in [3.8, 4) is 0 Å². The second-order valence-electron chi connectivity index (χ2n) is 4.47. The topological polar surface area (TPSA) is 104 Å². The summed E-state index contributed by atoms with van der Waals surface area (Å²) in [5.41, 5.74) is 0.195. The number of nitrogens with one attached hydrogen (secondary N) is 1. The highest BCUT2D eigenvalue weighted by Gasteiger charge is 2.32. The summed E-state index contributed by atoms with van der Waals surface area (Å²) in [6.07, 6.45) is -0.559. The molecule has 1 aromatic carbocycles. The molecule has 8 heteroatoms. The zero-order chi connectivity index (χ0) is 15.4. The van der Waals surface area contributed by atoms with Gasteiger partial charge in [0.2, 0.25) is 20.6 Å². The minimum absolute atomic E-state index is 0.112. The quantitative estimate of drug-likeness (QED) is 0.544. The Kier molecular flexibility index (Phi) is 5.49. The Hall–Kier alpha value is -1.19. The van der Waals surface area contributed by atoms with Crippen LogP contribution in [-0.2, 0) is 13.9 Å². The number of benzene rings is 1. The molecule has 0 aliphatic rings. The summed E-state index contributed by atoms with van der Waals surface area (Å²) < 4.78 is 24.0. The van der Waals surface area contributed by atoms with Crippen molar-refractivity contribution in [3.63, 3.8) is 0 Å². The van der Waals surface area contributed by atoms with Gasteiger partial charge in [-0.05, 0) is 19.1 Å². The molecule has 6 nitrogen and oxygen atoms in total. The maximum atomic E-state index is 12.1.